The van der Waals surface area contributed by atoms with E-state index in [1.54, 1.807) is 24.3 Å². The number of halogens is 1. The molecule has 1 atom stereocenters. The summed E-state index contributed by atoms with van der Waals surface area (Å²) in [4.78, 5) is 23.9. The van der Waals surface area contributed by atoms with Crippen LogP contribution in [0.25, 0.3) is 0 Å². The van der Waals surface area contributed by atoms with Crippen LogP contribution >= 0.6 is 11.6 Å². The van der Waals surface area contributed by atoms with Crippen molar-refractivity contribution in [1.29, 1.82) is 0 Å². The van der Waals surface area contributed by atoms with Crippen molar-refractivity contribution in [3.63, 3.8) is 0 Å². The van der Waals surface area contributed by atoms with Crippen LogP contribution in [0.15, 0.2) is 30.3 Å². The van der Waals surface area contributed by atoms with Gasteiger partial charge in [-0.1, -0.05) is 23.7 Å². The lowest BCUT2D eigenvalue weighted by Gasteiger charge is -2.18. The van der Waals surface area contributed by atoms with Gasteiger partial charge in [-0.3, -0.25) is 9.59 Å². The monoisotopic (exact) mass is 362 g/mol. The second kappa shape index (κ2) is 7.74. The van der Waals surface area contributed by atoms with Crippen molar-refractivity contribution < 1.29 is 14.7 Å². The summed E-state index contributed by atoms with van der Waals surface area (Å²) in [6, 6.07) is 8.29. The predicted molar refractivity (Wildman–Crippen MR) is 98.2 cm³/mol. The normalized spacial score (nSPS) is 12.2. The molecular weight excluding hydrogens is 340 g/mol. The molecule has 0 bridgehead atoms. The van der Waals surface area contributed by atoms with Gasteiger partial charge in [0, 0.05) is 22.5 Å². The first kappa shape index (κ1) is 19.1. The third-order valence-electron chi connectivity index (χ3n) is 4.20. The van der Waals surface area contributed by atoms with Gasteiger partial charge >= 0.3 is 5.97 Å². The number of hydrogen-bond acceptors (Lipinski definition) is 2. The number of benzene rings is 1. The van der Waals surface area contributed by atoms with Crippen LogP contribution in [0.2, 0.25) is 5.02 Å². The molecule has 0 aliphatic carbocycles. The molecule has 1 amide bonds. The van der Waals surface area contributed by atoms with Crippen LogP contribution in [0.4, 0.5) is 0 Å². The highest BCUT2D eigenvalue weighted by molar-refractivity contribution is 6.30. The number of carbonyl (C=O) groups excluding carboxylic acids is 1. The van der Waals surface area contributed by atoms with Gasteiger partial charge in [-0.2, -0.15) is 0 Å². The van der Waals surface area contributed by atoms with E-state index in [-0.39, 0.29) is 18.4 Å². The molecule has 5 nitrogen and oxygen atoms in total. The average molecular weight is 363 g/mol. The predicted octanol–water partition coefficient (Wildman–Crippen LogP) is 4.29. The Kier molecular flexibility index (Phi) is 5.90. The zero-order valence-corrected chi connectivity index (χ0v) is 15.6. The standard InChI is InChI=1S/C19H23ClN2O3/c1-11(2)22-12(3)9-16(13(22)4)19(25)21-17(10-18(23)24)14-5-7-15(20)8-6-14/h5-9,11,17H,10H2,1-4H3,(H,21,25)(H,23,24)/t17-/m0/s1. The number of carboxylic acid groups (broad SMARTS) is 1. The zero-order chi connectivity index (χ0) is 18.7. The maximum atomic E-state index is 12.7. The summed E-state index contributed by atoms with van der Waals surface area (Å²) in [5.41, 5.74) is 3.14. The van der Waals surface area contributed by atoms with Crippen molar-refractivity contribution in [2.75, 3.05) is 0 Å². The zero-order valence-electron chi connectivity index (χ0n) is 14.8. The van der Waals surface area contributed by atoms with Crippen molar-refractivity contribution in [2.45, 2.75) is 46.2 Å². The van der Waals surface area contributed by atoms with Crippen LogP contribution in [0.1, 0.15) is 59.7 Å². The number of rotatable bonds is 6. The van der Waals surface area contributed by atoms with Crippen LogP contribution in [-0.2, 0) is 4.79 Å². The maximum Gasteiger partial charge on any atom is 0.305 e. The highest BCUT2D eigenvalue weighted by atomic mass is 35.5. The van der Waals surface area contributed by atoms with Gasteiger partial charge in [-0.15, -0.1) is 0 Å². The molecule has 0 radical (unpaired) electrons. The van der Waals surface area contributed by atoms with Gasteiger partial charge in [0.2, 0.25) is 0 Å². The van der Waals surface area contributed by atoms with Gasteiger partial charge in [0.15, 0.2) is 0 Å². The van der Waals surface area contributed by atoms with Crippen molar-refractivity contribution in [2.24, 2.45) is 0 Å². The lowest BCUT2D eigenvalue weighted by atomic mass is 10.0. The van der Waals surface area contributed by atoms with Crippen LogP contribution in [0.5, 0.6) is 0 Å². The third-order valence-corrected chi connectivity index (χ3v) is 4.45. The molecule has 0 fully saturated rings. The van der Waals surface area contributed by atoms with Gasteiger partial charge in [0.1, 0.15) is 0 Å². The van der Waals surface area contributed by atoms with Crippen molar-refractivity contribution >= 4 is 23.5 Å². The molecule has 0 aliphatic rings. The first-order valence-electron chi connectivity index (χ1n) is 8.17. The van der Waals surface area contributed by atoms with E-state index >= 15 is 0 Å². The Bertz CT molecular complexity index is 779. The van der Waals surface area contributed by atoms with E-state index in [1.807, 2.05) is 19.9 Å². The summed E-state index contributed by atoms with van der Waals surface area (Å²) in [5.74, 6) is -1.26. The molecule has 0 saturated carbocycles. The van der Waals surface area contributed by atoms with Crippen molar-refractivity contribution in [3.8, 4) is 0 Å². The van der Waals surface area contributed by atoms with Gasteiger partial charge < -0.3 is 15.0 Å². The summed E-state index contributed by atoms with van der Waals surface area (Å²) in [6.07, 6.45) is -0.198. The van der Waals surface area contributed by atoms with Gasteiger partial charge in [0.05, 0.1) is 18.0 Å². The van der Waals surface area contributed by atoms with E-state index in [0.29, 0.717) is 16.1 Å². The Morgan fingerprint density at radius 3 is 2.28 bits per heavy atom. The number of hydrogen-bond donors (Lipinski definition) is 2. The smallest absolute Gasteiger partial charge is 0.305 e. The highest BCUT2D eigenvalue weighted by Crippen LogP contribution is 2.23. The van der Waals surface area contributed by atoms with E-state index in [4.69, 9.17) is 11.6 Å². The number of carbonyl (C=O) groups is 2. The first-order chi connectivity index (χ1) is 11.7. The Morgan fingerprint density at radius 1 is 1.20 bits per heavy atom. The number of aliphatic carboxylic acids is 1. The Hall–Kier alpha value is -2.27. The fourth-order valence-corrected chi connectivity index (χ4v) is 3.29. The van der Waals surface area contributed by atoms with Crippen molar-refractivity contribution in [1.82, 2.24) is 9.88 Å². The van der Waals surface area contributed by atoms with Crippen LogP contribution in [0, 0.1) is 13.8 Å². The lowest BCUT2D eigenvalue weighted by Crippen LogP contribution is -2.30. The van der Waals surface area contributed by atoms with E-state index in [1.165, 1.54) is 0 Å². The quantitative estimate of drug-likeness (QED) is 0.805. The number of aryl methyl sites for hydroxylation is 1. The topological polar surface area (TPSA) is 71.3 Å². The summed E-state index contributed by atoms with van der Waals surface area (Å²) in [7, 11) is 0. The minimum absolute atomic E-state index is 0.198. The molecule has 1 aromatic carbocycles. The number of aromatic nitrogens is 1. The van der Waals surface area contributed by atoms with E-state index in [2.05, 4.69) is 23.7 Å². The largest absolute Gasteiger partial charge is 0.481 e. The molecule has 25 heavy (non-hydrogen) atoms. The summed E-state index contributed by atoms with van der Waals surface area (Å²) < 4.78 is 2.09. The molecule has 0 aliphatic heterocycles. The minimum atomic E-state index is -0.979. The van der Waals surface area contributed by atoms with Crippen LogP contribution < -0.4 is 5.32 Å². The SMILES string of the molecule is Cc1cc(C(=O)N[C@@H](CC(=O)O)c2ccc(Cl)cc2)c(C)n1C(C)C. The van der Waals surface area contributed by atoms with Gasteiger partial charge in [-0.05, 0) is 51.5 Å². The Balaban J connectivity index is 2.30. The molecule has 2 N–H and O–H groups in total. The molecule has 1 heterocycles. The maximum absolute atomic E-state index is 12.7. The fraction of sp³-hybridized carbons (Fsp3) is 0.368. The molecular formula is C19H23ClN2O3. The fourth-order valence-electron chi connectivity index (χ4n) is 3.16. The van der Waals surface area contributed by atoms with Crippen LogP contribution in [-0.4, -0.2) is 21.6 Å². The first-order valence-corrected chi connectivity index (χ1v) is 8.55. The summed E-state index contributed by atoms with van der Waals surface area (Å²) >= 11 is 5.89. The van der Waals surface area contributed by atoms with E-state index < -0.39 is 12.0 Å². The molecule has 1 aromatic heterocycles. The molecule has 2 rings (SSSR count). The number of nitrogens with zero attached hydrogens (tertiary/aromatic N) is 1. The average Bonchev–Trinajstić information content (AvgIpc) is 2.81. The second-order valence-corrected chi connectivity index (χ2v) is 6.86. The number of carboxylic acids is 1. The molecule has 0 spiro atoms. The van der Waals surface area contributed by atoms with Crippen molar-refractivity contribution in [3.05, 3.63) is 57.9 Å². The van der Waals surface area contributed by atoms with E-state index in [0.717, 1.165) is 11.4 Å². The summed E-state index contributed by atoms with van der Waals surface area (Å²) in [6.45, 7) is 7.97. The molecule has 0 saturated heterocycles. The van der Waals surface area contributed by atoms with Gasteiger partial charge in [0.25, 0.3) is 5.91 Å². The molecule has 134 valence electrons. The van der Waals surface area contributed by atoms with Gasteiger partial charge in [-0.25, -0.2) is 0 Å². The molecule has 0 unspecified atom stereocenters. The molecule has 2 aromatic rings. The number of nitrogens with one attached hydrogen (secondary N) is 1. The highest BCUT2D eigenvalue weighted by Gasteiger charge is 2.22. The minimum Gasteiger partial charge on any atom is -0.481 e. The summed E-state index contributed by atoms with van der Waals surface area (Å²) in [5, 5.41) is 12.6. The van der Waals surface area contributed by atoms with Crippen LogP contribution in [0.3, 0.4) is 0 Å². The lowest BCUT2D eigenvalue weighted by molar-refractivity contribution is -0.137. The molecule has 6 heteroatoms. The van der Waals surface area contributed by atoms with E-state index in [9.17, 15) is 14.7 Å². The Labute approximate surface area is 152 Å². The third kappa shape index (κ3) is 4.42. The number of amides is 1. The second-order valence-electron chi connectivity index (χ2n) is 6.42. The Morgan fingerprint density at radius 2 is 1.80 bits per heavy atom.